The molecule has 9 heteroatoms. The van der Waals surface area contributed by atoms with E-state index in [4.69, 9.17) is 10.5 Å². The van der Waals surface area contributed by atoms with Gasteiger partial charge in [-0.3, -0.25) is 9.20 Å². The SMILES string of the molecule is NC(=O)c1cn2c(NCc3c(F)ccc4c3CCO4)ncc(Br)c2n1. The van der Waals surface area contributed by atoms with Gasteiger partial charge in [0.2, 0.25) is 5.95 Å². The average Bonchev–Trinajstić information content (AvgIpc) is 3.22. The number of primary amides is 1. The first kappa shape index (κ1) is 15.8. The lowest BCUT2D eigenvalue weighted by Gasteiger charge is -2.12. The smallest absolute Gasteiger partial charge is 0.268 e. The number of amides is 1. The van der Waals surface area contributed by atoms with E-state index in [0.717, 1.165) is 5.56 Å². The first-order valence-electron chi connectivity index (χ1n) is 7.55. The maximum atomic E-state index is 14.2. The molecule has 4 rings (SSSR count). The van der Waals surface area contributed by atoms with Crippen LogP contribution < -0.4 is 15.8 Å². The molecular formula is C16H13BrFN5O2. The van der Waals surface area contributed by atoms with Gasteiger partial charge in [-0.2, -0.15) is 0 Å². The summed E-state index contributed by atoms with van der Waals surface area (Å²) in [5.41, 5.74) is 7.32. The molecule has 7 nitrogen and oxygen atoms in total. The van der Waals surface area contributed by atoms with Crippen LogP contribution in [0.5, 0.6) is 5.75 Å². The minimum absolute atomic E-state index is 0.122. The van der Waals surface area contributed by atoms with Gasteiger partial charge in [0, 0.05) is 36.5 Å². The average molecular weight is 406 g/mol. The standard InChI is InChI=1S/C16H13BrFN5O2/c17-10-6-21-16(23-7-12(14(19)24)22-15(10)23)20-5-9-8-3-4-25-13(8)2-1-11(9)18/h1-2,6-7H,3-5H2,(H2,19,24)(H,20,21). The molecule has 1 aliphatic heterocycles. The number of carbonyl (C=O) groups excluding carboxylic acids is 1. The highest BCUT2D eigenvalue weighted by Crippen LogP contribution is 2.30. The van der Waals surface area contributed by atoms with Gasteiger partial charge in [-0.05, 0) is 28.1 Å². The Morgan fingerprint density at radius 3 is 3.12 bits per heavy atom. The van der Waals surface area contributed by atoms with E-state index in [2.05, 4.69) is 31.2 Å². The second-order valence-electron chi connectivity index (χ2n) is 5.57. The van der Waals surface area contributed by atoms with Crippen LogP contribution in [0.2, 0.25) is 0 Å². The van der Waals surface area contributed by atoms with E-state index in [1.54, 1.807) is 16.7 Å². The van der Waals surface area contributed by atoms with Crippen molar-refractivity contribution in [2.45, 2.75) is 13.0 Å². The molecule has 1 aromatic carbocycles. The summed E-state index contributed by atoms with van der Waals surface area (Å²) in [6.07, 6.45) is 3.72. The number of imidazole rings is 1. The Labute approximate surface area is 150 Å². The highest BCUT2D eigenvalue weighted by Gasteiger charge is 2.20. The van der Waals surface area contributed by atoms with Crippen LogP contribution in [0.15, 0.2) is 29.0 Å². The zero-order chi connectivity index (χ0) is 17.6. The lowest BCUT2D eigenvalue weighted by atomic mass is 10.0. The van der Waals surface area contributed by atoms with E-state index < -0.39 is 5.91 Å². The number of carbonyl (C=O) groups is 1. The minimum atomic E-state index is -0.634. The van der Waals surface area contributed by atoms with E-state index in [-0.39, 0.29) is 18.1 Å². The number of benzene rings is 1. The molecule has 0 unspecified atom stereocenters. The number of fused-ring (bicyclic) bond motifs is 2. The number of aromatic nitrogens is 3. The van der Waals surface area contributed by atoms with Crippen molar-refractivity contribution in [1.82, 2.24) is 14.4 Å². The number of nitrogens with one attached hydrogen (secondary N) is 1. The molecule has 0 bridgehead atoms. The van der Waals surface area contributed by atoms with Gasteiger partial charge in [-0.15, -0.1) is 0 Å². The molecule has 0 atom stereocenters. The zero-order valence-electron chi connectivity index (χ0n) is 12.9. The zero-order valence-corrected chi connectivity index (χ0v) is 14.5. The van der Waals surface area contributed by atoms with Gasteiger partial charge < -0.3 is 15.8 Å². The van der Waals surface area contributed by atoms with Crippen molar-refractivity contribution in [2.75, 3.05) is 11.9 Å². The van der Waals surface area contributed by atoms with Crippen LogP contribution >= 0.6 is 15.9 Å². The number of halogens is 2. The Kier molecular flexibility index (Phi) is 3.79. The molecule has 3 heterocycles. The third kappa shape index (κ3) is 2.70. The molecule has 25 heavy (non-hydrogen) atoms. The molecule has 0 aliphatic carbocycles. The van der Waals surface area contributed by atoms with Crippen LogP contribution in [0.25, 0.3) is 5.65 Å². The number of ether oxygens (including phenoxy) is 1. The second kappa shape index (κ2) is 5.99. The van der Waals surface area contributed by atoms with Gasteiger partial charge in [0.05, 0.1) is 11.1 Å². The van der Waals surface area contributed by atoms with Gasteiger partial charge in [0.25, 0.3) is 5.91 Å². The molecule has 3 aromatic rings. The van der Waals surface area contributed by atoms with Crippen LogP contribution in [0.4, 0.5) is 10.3 Å². The monoisotopic (exact) mass is 405 g/mol. The summed E-state index contributed by atoms with van der Waals surface area (Å²) >= 11 is 3.34. The van der Waals surface area contributed by atoms with Crippen LogP contribution in [0.3, 0.4) is 0 Å². The van der Waals surface area contributed by atoms with E-state index in [0.29, 0.717) is 40.4 Å². The Bertz CT molecular complexity index is 1000. The van der Waals surface area contributed by atoms with Crippen LogP contribution in [0, 0.1) is 5.82 Å². The molecule has 0 radical (unpaired) electrons. The molecular weight excluding hydrogens is 393 g/mol. The summed E-state index contributed by atoms with van der Waals surface area (Å²) in [4.78, 5) is 19.8. The van der Waals surface area contributed by atoms with Crippen molar-refractivity contribution in [3.05, 3.63) is 51.6 Å². The molecule has 0 spiro atoms. The minimum Gasteiger partial charge on any atom is -0.493 e. The predicted molar refractivity (Wildman–Crippen MR) is 92.1 cm³/mol. The van der Waals surface area contributed by atoms with Crippen molar-refractivity contribution in [3.8, 4) is 5.75 Å². The molecule has 128 valence electrons. The van der Waals surface area contributed by atoms with E-state index in [1.165, 1.54) is 12.3 Å². The topological polar surface area (TPSA) is 94.5 Å². The molecule has 0 fully saturated rings. The fraction of sp³-hybridized carbons (Fsp3) is 0.188. The van der Waals surface area contributed by atoms with Crippen molar-refractivity contribution in [1.29, 1.82) is 0 Å². The molecule has 1 aliphatic rings. The van der Waals surface area contributed by atoms with Crippen LogP contribution in [-0.2, 0) is 13.0 Å². The first-order valence-corrected chi connectivity index (χ1v) is 8.34. The molecule has 1 amide bonds. The van der Waals surface area contributed by atoms with E-state index in [9.17, 15) is 9.18 Å². The van der Waals surface area contributed by atoms with E-state index >= 15 is 0 Å². The summed E-state index contributed by atoms with van der Waals surface area (Å²) in [7, 11) is 0. The number of nitrogens with two attached hydrogens (primary N) is 1. The maximum absolute atomic E-state index is 14.2. The quantitative estimate of drug-likeness (QED) is 0.694. The van der Waals surface area contributed by atoms with Gasteiger partial charge in [0.15, 0.2) is 5.65 Å². The third-order valence-electron chi connectivity index (χ3n) is 4.06. The molecule has 0 saturated carbocycles. The van der Waals surface area contributed by atoms with Gasteiger partial charge >= 0.3 is 0 Å². The van der Waals surface area contributed by atoms with Crippen molar-refractivity contribution in [3.63, 3.8) is 0 Å². The van der Waals surface area contributed by atoms with Gasteiger partial charge in [0.1, 0.15) is 17.3 Å². The number of hydrogen-bond donors (Lipinski definition) is 2. The normalized spacial score (nSPS) is 12.9. The van der Waals surface area contributed by atoms with Crippen molar-refractivity contribution < 1.29 is 13.9 Å². The number of rotatable bonds is 4. The molecule has 0 saturated heterocycles. The Morgan fingerprint density at radius 2 is 2.32 bits per heavy atom. The Balaban J connectivity index is 1.70. The summed E-state index contributed by atoms with van der Waals surface area (Å²) < 4.78 is 21.9. The van der Waals surface area contributed by atoms with Gasteiger partial charge in [-0.1, -0.05) is 0 Å². The van der Waals surface area contributed by atoms with Crippen LogP contribution in [0.1, 0.15) is 21.6 Å². The van der Waals surface area contributed by atoms with Crippen molar-refractivity contribution >= 4 is 33.4 Å². The fourth-order valence-electron chi connectivity index (χ4n) is 2.87. The molecule has 3 N–H and O–H groups in total. The lowest BCUT2D eigenvalue weighted by Crippen LogP contribution is -2.11. The largest absolute Gasteiger partial charge is 0.493 e. The number of anilines is 1. The Hall–Kier alpha value is -2.68. The molecule has 2 aromatic heterocycles. The number of nitrogens with zero attached hydrogens (tertiary/aromatic N) is 3. The fourth-order valence-corrected chi connectivity index (χ4v) is 3.25. The summed E-state index contributed by atoms with van der Waals surface area (Å²) in [5.74, 6) is 0.207. The van der Waals surface area contributed by atoms with E-state index in [1.807, 2.05) is 0 Å². The highest BCUT2D eigenvalue weighted by atomic mass is 79.9. The first-order chi connectivity index (χ1) is 12.0. The second-order valence-corrected chi connectivity index (χ2v) is 6.42. The van der Waals surface area contributed by atoms with Crippen molar-refractivity contribution in [2.24, 2.45) is 5.73 Å². The summed E-state index contributed by atoms with van der Waals surface area (Å²) in [6, 6.07) is 3.04. The summed E-state index contributed by atoms with van der Waals surface area (Å²) in [5, 5.41) is 3.10. The predicted octanol–water partition coefficient (Wildman–Crippen LogP) is 2.28. The lowest BCUT2D eigenvalue weighted by molar-refractivity contribution is 0.0996. The third-order valence-corrected chi connectivity index (χ3v) is 4.62. The van der Waals surface area contributed by atoms with Gasteiger partial charge in [-0.25, -0.2) is 14.4 Å². The Morgan fingerprint density at radius 1 is 1.48 bits per heavy atom. The number of hydrogen-bond acceptors (Lipinski definition) is 5. The highest BCUT2D eigenvalue weighted by molar-refractivity contribution is 9.10. The maximum Gasteiger partial charge on any atom is 0.268 e. The van der Waals surface area contributed by atoms with Crippen LogP contribution in [-0.4, -0.2) is 26.9 Å². The summed E-state index contributed by atoms with van der Waals surface area (Å²) in [6.45, 7) is 0.780.